The number of piperidine rings is 1. The van der Waals surface area contributed by atoms with Crippen LogP contribution >= 0.6 is 0 Å². The third kappa shape index (κ3) is 3.52. The Hall–Kier alpha value is -0.180. The summed E-state index contributed by atoms with van der Waals surface area (Å²) >= 11 is 0. The highest BCUT2D eigenvalue weighted by Crippen LogP contribution is 2.27. The predicted octanol–water partition coefficient (Wildman–Crippen LogP) is -0.0474. The first-order valence-electron chi connectivity index (χ1n) is 7.17. The first-order valence-corrected chi connectivity index (χ1v) is 10.5. The van der Waals surface area contributed by atoms with Gasteiger partial charge >= 0.3 is 0 Å². The van der Waals surface area contributed by atoms with Gasteiger partial charge in [-0.3, -0.25) is 0 Å². The van der Waals surface area contributed by atoms with Crippen molar-refractivity contribution in [2.75, 3.05) is 24.6 Å². The van der Waals surface area contributed by atoms with Gasteiger partial charge in [0.25, 0.3) is 0 Å². The molecule has 8 heteroatoms. The fourth-order valence-electron chi connectivity index (χ4n) is 3.01. The summed E-state index contributed by atoms with van der Waals surface area (Å²) in [6.07, 6.45) is 2.24. The summed E-state index contributed by atoms with van der Waals surface area (Å²) in [5, 5.41) is -0.544. The van der Waals surface area contributed by atoms with Crippen LogP contribution < -0.4 is 5.73 Å². The molecule has 0 aromatic rings. The summed E-state index contributed by atoms with van der Waals surface area (Å²) in [6.45, 7) is 2.92. The number of rotatable bonds is 3. The number of sulfone groups is 1. The molecule has 2 heterocycles. The molecule has 20 heavy (non-hydrogen) atoms. The minimum Gasteiger partial charge on any atom is -0.328 e. The van der Waals surface area contributed by atoms with E-state index in [1.165, 1.54) is 4.31 Å². The van der Waals surface area contributed by atoms with Crippen molar-refractivity contribution in [2.24, 2.45) is 11.7 Å². The van der Waals surface area contributed by atoms with E-state index in [1.54, 1.807) is 0 Å². The van der Waals surface area contributed by atoms with Gasteiger partial charge in [0.2, 0.25) is 10.0 Å². The Morgan fingerprint density at radius 1 is 1.20 bits per heavy atom. The van der Waals surface area contributed by atoms with Crippen LogP contribution in [0.1, 0.15) is 32.6 Å². The van der Waals surface area contributed by atoms with Crippen molar-refractivity contribution in [1.82, 2.24) is 4.31 Å². The molecule has 0 bridgehead atoms. The van der Waals surface area contributed by atoms with Crippen LogP contribution in [0.15, 0.2) is 0 Å². The van der Waals surface area contributed by atoms with E-state index in [-0.39, 0.29) is 36.3 Å². The van der Waals surface area contributed by atoms with Crippen LogP contribution in [0.5, 0.6) is 0 Å². The van der Waals surface area contributed by atoms with Gasteiger partial charge in [-0.2, -0.15) is 0 Å². The summed E-state index contributed by atoms with van der Waals surface area (Å²) in [6, 6.07) is -0.0141. The van der Waals surface area contributed by atoms with Crippen LogP contribution in [-0.2, 0) is 19.9 Å². The lowest BCUT2D eigenvalue weighted by molar-refractivity contribution is 0.241. The van der Waals surface area contributed by atoms with Gasteiger partial charge in [0, 0.05) is 19.1 Å². The Kier molecular flexibility index (Phi) is 4.78. The molecule has 0 saturated carbocycles. The van der Waals surface area contributed by atoms with E-state index in [2.05, 4.69) is 0 Å². The fourth-order valence-corrected chi connectivity index (χ4v) is 6.84. The molecule has 118 valence electrons. The first kappa shape index (κ1) is 16.2. The Morgan fingerprint density at radius 3 is 2.35 bits per heavy atom. The Bertz CT molecular complexity index is 528. The Balaban J connectivity index is 2.07. The van der Waals surface area contributed by atoms with Crippen molar-refractivity contribution in [1.29, 1.82) is 0 Å². The molecular formula is C12H24N2O4S2. The smallest absolute Gasteiger partial charge is 0.217 e. The number of hydrogen-bond acceptors (Lipinski definition) is 5. The molecule has 2 aliphatic rings. The Labute approximate surface area is 121 Å². The van der Waals surface area contributed by atoms with Crippen molar-refractivity contribution in [3.05, 3.63) is 0 Å². The molecular weight excluding hydrogens is 300 g/mol. The third-order valence-electron chi connectivity index (χ3n) is 4.45. The standard InChI is InChI=1S/C12H24N2O4S2/c1-10(13)11-3-2-6-14(9-11)20(17,18)12-4-7-19(15,16)8-5-12/h10-12H,2-9,13H2,1H3. The van der Waals surface area contributed by atoms with E-state index < -0.39 is 25.1 Å². The van der Waals surface area contributed by atoms with E-state index in [0.29, 0.717) is 13.1 Å². The molecule has 2 atom stereocenters. The molecule has 2 rings (SSSR count). The van der Waals surface area contributed by atoms with Crippen LogP contribution in [0, 0.1) is 5.92 Å². The van der Waals surface area contributed by atoms with E-state index in [1.807, 2.05) is 6.92 Å². The van der Waals surface area contributed by atoms with Crippen LogP contribution in [0.3, 0.4) is 0 Å². The van der Waals surface area contributed by atoms with E-state index >= 15 is 0 Å². The quantitative estimate of drug-likeness (QED) is 0.785. The number of hydrogen-bond donors (Lipinski definition) is 1. The maximum absolute atomic E-state index is 12.6. The summed E-state index contributed by atoms with van der Waals surface area (Å²) in [5.41, 5.74) is 5.89. The van der Waals surface area contributed by atoms with Gasteiger partial charge in [0.1, 0.15) is 9.84 Å². The normalized spacial score (nSPS) is 31.0. The van der Waals surface area contributed by atoms with Gasteiger partial charge in [-0.05, 0) is 38.5 Å². The van der Waals surface area contributed by atoms with Crippen molar-refractivity contribution in [2.45, 2.75) is 43.9 Å². The summed E-state index contributed by atoms with van der Waals surface area (Å²) in [4.78, 5) is 0. The van der Waals surface area contributed by atoms with Gasteiger partial charge < -0.3 is 5.73 Å². The summed E-state index contributed by atoms with van der Waals surface area (Å²) in [7, 11) is -6.42. The lowest BCUT2D eigenvalue weighted by Gasteiger charge is -2.36. The number of sulfonamides is 1. The van der Waals surface area contributed by atoms with Gasteiger partial charge in [0.05, 0.1) is 16.8 Å². The highest BCUT2D eigenvalue weighted by Gasteiger charge is 2.38. The molecule has 0 spiro atoms. The third-order valence-corrected chi connectivity index (χ3v) is 8.53. The lowest BCUT2D eigenvalue weighted by atomic mass is 9.93. The number of nitrogens with zero attached hydrogens (tertiary/aromatic N) is 1. The van der Waals surface area contributed by atoms with Gasteiger partial charge in [-0.15, -0.1) is 0 Å². The van der Waals surface area contributed by atoms with E-state index in [9.17, 15) is 16.8 Å². The van der Waals surface area contributed by atoms with Crippen LogP contribution in [0.25, 0.3) is 0 Å². The molecule has 0 aromatic heterocycles. The topological polar surface area (TPSA) is 97.5 Å². The second-order valence-corrected chi connectivity index (χ2v) is 10.5. The van der Waals surface area contributed by atoms with Gasteiger partial charge in [0.15, 0.2) is 0 Å². The molecule has 2 N–H and O–H groups in total. The Morgan fingerprint density at radius 2 is 1.80 bits per heavy atom. The van der Waals surface area contributed by atoms with Gasteiger partial charge in [-0.1, -0.05) is 0 Å². The molecule has 2 aliphatic heterocycles. The van der Waals surface area contributed by atoms with Crippen molar-refractivity contribution in [3.8, 4) is 0 Å². The number of nitrogens with two attached hydrogens (primary N) is 1. The second kappa shape index (κ2) is 5.90. The zero-order valence-electron chi connectivity index (χ0n) is 11.9. The molecule has 0 amide bonds. The SMILES string of the molecule is CC(N)C1CCCN(S(=O)(=O)C2CCS(=O)(=O)CC2)C1. The average molecular weight is 324 g/mol. The van der Waals surface area contributed by atoms with Crippen LogP contribution in [0.2, 0.25) is 0 Å². The first-order chi connectivity index (χ1) is 9.22. The highest BCUT2D eigenvalue weighted by molar-refractivity contribution is 7.92. The molecule has 6 nitrogen and oxygen atoms in total. The van der Waals surface area contributed by atoms with Crippen LogP contribution in [0.4, 0.5) is 0 Å². The molecule has 2 unspecified atom stereocenters. The maximum atomic E-state index is 12.6. The predicted molar refractivity (Wildman–Crippen MR) is 78.5 cm³/mol. The molecule has 0 aromatic carbocycles. The largest absolute Gasteiger partial charge is 0.328 e. The molecule has 0 radical (unpaired) electrons. The monoisotopic (exact) mass is 324 g/mol. The summed E-state index contributed by atoms with van der Waals surface area (Å²) in [5.74, 6) is 0.175. The maximum Gasteiger partial charge on any atom is 0.217 e. The van der Waals surface area contributed by atoms with Crippen molar-refractivity contribution < 1.29 is 16.8 Å². The lowest BCUT2D eigenvalue weighted by Crippen LogP contribution is -2.49. The molecule has 2 saturated heterocycles. The second-order valence-electron chi connectivity index (χ2n) is 6.02. The van der Waals surface area contributed by atoms with Crippen LogP contribution in [-0.4, -0.2) is 57.0 Å². The fraction of sp³-hybridized carbons (Fsp3) is 1.00. The highest BCUT2D eigenvalue weighted by atomic mass is 32.2. The minimum atomic E-state index is -3.39. The van der Waals surface area contributed by atoms with Gasteiger partial charge in [-0.25, -0.2) is 21.1 Å². The molecule has 0 aliphatic carbocycles. The summed E-state index contributed by atoms with van der Waals surface area (Å²) < 4.78 is 49.6. The van der Waals surface area contributed by atoms with Crippen molar-refractivity contribution >= 4 is 19.9 Å². The zero-order valence-corrected chi connectivity index (χ0v) is 13.5. The van der Waals surface area contributed by atoms with E-state index in [4.69, 9.17) is 5.73 Å². The van der Waals surface area contributed by atoms with E-state index in [0.717, 1.165) is 12.8 Å². The molecule has 2 fully saturated rings. The van der Waals surface area contributed by atoms with Crippen molar-refractivity contribution in [3.63, 3.8) is 0 Å². The zero-order chi connectivity index (χ0) is 15.0. The average Bonchev–Trinajstić information content (AvgIpc) is 2.38. The minimum absolute atomic E-state index is 0.0124.